The Morgan fingerprint density at radius 3 is 2.48 bits per heavy atom. The number of benzene rings is 1. The molecule has 0 spiro atoms. The maximum Gasteiger partial charge on any atom is 0.275 e. The third-order valence-electron chi connectivity index (χ3n) is 11.5. The summed E-state index contributed by atoms with van der Waals surface area (Å²) in [5.74, 6) is 0.447. The maximum atomic E-state index is 13.2. The van der Waals surface area contributed by atoms with Crippen LogP contribution in [0.15, 0.2) is 60.2 Å². The number of carbonyl (C=O) groups excluding carboxylic acids is 2. The van der Waals surface area contributed by atoms with Crippen LogP contribution in [-0.4, -0.2) is 143 Å². The SMILES string of the molecule is Cn1cc(-c2cnc3c(nnn3C[C@@H]3CN(c4ncc(N5CC(CN6CCN(c7ccc8c(=O)n(C9CCC(=O)NC9=O)ncc8c7)CC6)C5)cn4)CCO3)n2)cn1. The molecule has 6 aromatic rings. The molecular weight excluding hydrogens is 745 g/mol. The van der Waals surface area contributed by atoms with Crippen LogP contribution in [-0.2, 0) is 27.9 Å². The van der Waals surface area contributed by atoms with Crippen molar-refractivity contribution in [1.29, 1.82) is 0 Å². The van der Waals surface area contributed by atoms with Crippen LogP contribution in [0.1, 0.15) is 18.9 Å². The molecule has 4 aliphatic rings. The molecule has 298 valence electrons. The topological polar surface area (TPSA) is 203 Å². The molecule has 20 nitrogen and oxygen atoms in total. The van der Waals surface area contributed by atoms with Crippen molar-refractivity contribution in [3.05, 3.63) is 65.7 Å². The van der Waals surface area contributed by atoms with Crippen LogP contribution in [0.2, 0.25) is 0 Å². The van der Waals surface area contributed by atoms with Gasteiger partial charge in [-0.3, -0.25) is 29.3 Å². The van der Waals surface area contributed by atoms with E-state index in [4.69, 9.17) is 14.7 Å². The zero-order valence-electron chi connectivity index (χ0n) is 32.0. The van der Waals surface area contributed by atoms with Crippen LogP contribution in [0.3, 0.4) is 0 Å². The maximum absolute atomic E-state index is 13.2. The highest BCUT2D eigenvalue weighted by Gasteiger charge is 2.32. The van der Waals surface area contributed by atoms with Gasteiger partial charge in [0.05, 0.1) is 67.0 Å². The van der Waals surface area contributed by atoms with Crippen molar-refractivity contribution in [1.82, 2.24) is 64.7 Å². The molecule has 10 rings (SSSR count). The van der Waals surface area contributed by atoms with Crippen molar-refractivity contribution < 1.29 is 14.3 Å². The zero-order valence-corrected chi connectivity index (χ0v) is 32.0. The molecule has 2 amide bonds. The Morgan fingerprint density at radius 1 is 0.845 bits per heavy atom. The van der Waals surface area contributed by atoms with Gasteiger partial charge >= 0.3 is 0 Å². The van der Waals surface area contributed by atoms with Gasteiger partial charge in [-0.1, -0.05) is 5.21 Å². The molecule has 5 aromatic heterocycles. The summed E-state index contributed by atoms with van der Waals surface area (Å²) in [6.45, 7) is 9.01. The summed E-state index contributed by atoms with van der Waals surface area (Å²) < 4.78 is 10.8. The van der Waals surface area contributed by atoms with E-state index in [-0.39, 0.29) is 30.4 Å². The number of rotatable bonds is 9. The van der Waals surface area contributed by atoms with Gasteiger partial charge in [-0.25, -0.2) is 29.3 Å². The first-order valence-corrected chi connectivity index (χ1v) is 19.6. The molecule has 58 heavy (non-hydrogen) atoms. The number of aryl methyl sites for hydroxylation is 1. The summed E-state index contributed by atoms with van der Waals surface area (Å²) in [6.07, 6.45) is 11.1. The Kier molecular flexibility index (Phi) is 9.20. The van der Waals surface area contributed by atoms with Crippen molar-refractivity contribution >= 4 is 51.2 Å². The van der Waals surface area contributed by atoms with E-state index in [9.17, 15) is 14.4 Å². The molecule has 0 radical (unpaired) electrons. The summed E-state index contributed by atoms with van der Waals surface area (Å²) in [6, 6.07) is 5.01. The van der Waals surface area contributed by atoms with Crippen molar-refractivity contribution in [2.24, 2.45) is 13.0 Å². The van der Waals surface area contributed by atoms with E-state index in [1.807, 2.05) is 43.8 Å². The van der Waals surface area contributed by atoms with E-state index in [0.717, 1.165) is 68.1 Å². The van der Waals surface area contributed by atoms with Crippen molar-refractivity contribution in [2.75, 3.05) is 80.2 Å². The number of carbonyl (C=O) groups is 2. The number of piperidine rings is 1. The number of fused-ring (bicyclic) bond motifs is 2. The van der Waals surface area contributed by atoms with Gasteiger partial charge in [0.15, 0.2) is 5.65 Å². The van der Waals surface area contributed by atoms with Crippen LogP contribution in [0, 0.1) is 5.92 Å². The van der Waals surface area contributed by atoms with Gasteiger partial charge in [-0.15, -0.1) is 5.10 Å². The second-order valence-electron chi connectivity index (χ2n) is 15.4. The van der Waals surface area contributed by atoms with Gasteiger partial charge in [0.1, 0.15) is 6.04 Å². The summed E-state index contributed by atoms with van der Waals surface area (Å²) in [4.78, 5) is 65.2. The van der Waals surface area contributed by atoms with Crippen LogP contribution in [0.4, 0.5) is 17.3 Å². The molecule has 1 unspecified atom stereocenters. The lowest BCUT2D eigenvalue weighted by molar-refractivity contribution is -0.136. The Balaban J connectivity index is 0.690. The summed E-state index contributed by atoms with van der Waals surface area (Å²) in [5, 5.41) is 20.6. The monoisotopic (exact) mass is 786 g/mol. The number of nitrogens with zero attached hydrogens (tertiary/aromatic N) is 15. The van der Waals surface area contributed by atoms with E-state index >= 15 is 0 Å². The normalized spacial score (nSPS) is 20.9. The van der Waals surface area contributed by atoms with E-state index in [1.54, 1.807) is 28.0 Å². The first-order valence-electron chi connectivity index (χ1n) is 19.6. The summed E-state index contributed by atoms with van der Waals surface area (Å²) in [7, 11) is 1.86. The number of nitrogens with one attached hydrogen (secondary N) is 1. The minimum absolute atomic E-state index is 0.141. The largest absolute Gasteiger partial charge is 0.373 e. The number of aromatic nitrogens is 11. The lowest BCUT2D eigenvalue weighted by atomic mass is 9.98. The standard InChI is InChI=1S/C38H42N16O4/c1-48-21-26(14-42-48)31-17-39-35-34(44-31)46-47-53(35)23-29-22-51(10-11-58-29)38-40-15-28(16-41-38)52-19-24(20-52)18-49-6-8-50(9-7-49)27-2-3-30-25(12-27)13-43-54(37(30)57)32-4-5-33(55)45-36(32)56/h2-3,12-17,21,24,29,32H,4-11,18-20,22-23H2,1H3,(H,45,55,56)/t29-,32?/m0/s1. The highest BCUT2D eigenvalue weighted by molar-refractivity contribution is 5.99. The highest BCUT2D eigenvalue weighted by Crippen LogP contribution is 2.28. The first kappa shape index (κ1) is 36.0. The summed E-state index contributed by atoms with van der Waals surface area (Å²) >= 11 is 0. The minimum atomic E-state index is -0.778. The minimum Gasteiger partial charge on any atom is -0.373 e. The van der Waals surface area contributed by atoms with Crippen molar-refractivity contribution in [2.45, 2.75) is 31.5 Å². The fourth-order valence-electron chi connectivity index (χ4n) is 8.36. The van der Waals surface area contributed by atoms with Crippen LogP contribution in [0.25, 0.3) is 33.3 Å². The first-order chi connectivity index (χ1) is 28.3. The smallest absolute Gasteiger partial charge is 0.275 e. The van der Waals surface area contributed by atoms with Crippen molar-refractivity contribution in [3.63, 3.8) is 0 Å². The van der Waals surface area contributed by atoms with Gasteiger partial charge in [0, 0.05) is 101 Å². The lowest BCUT2D eigenvalue weighted by Crippen LogP contribution is -2.55. The molecule has 4 saturated heterocycles. The number of piperazine rings is 1. The van der Waals surface area contributed by atoms with Crippen LogP contribution in [0.5, 0.6) is 0 Å². The Labute approximate surface area is 331 Å². The highest BCUT2D eigenvalue weighted by atomic mass is 16.5. The van der Waals surface area contributed by atoms with E-state index < -0.39 is 11.9 Å². The fourth-order valence-corrected chi connectivity index (χ4v) is 8.36. The average molecular weight is 787 g/mol. The molecule has 4 fully saturated rings. The molecule has 0 aliphatic carbocycles. The quantitative estimate of drug-likeness (QED) is 0.195. The van der Waals surface area contributed by atoms with E-state index in [1.165, 1.54) is 4.68 Å². The number of imide groups is 1. The number of ether oxygens (including phenoxy) is 1. The number of hydrogen-bond acceptors (Lipinski definition) is 16. The number of hydrogen-bond donors (Lipinski definition) is 1. The molecule has 2 atom stereocenters. The number of anilines is 3. The average Bonchev–Trinajstić information content (AvgIpc) is 3.85. The molecule has 4 aliphatic heterocycles. The molecule has 0 bridgehead atoms. The third kappa shape index (κ3) is 6.97. The zero-order chi connectivity index (χ0) is 39.3. The molecule has 1 N–H and O–H groups in total. The third-order valence-corrected chi connectivity index (χ3v) is 11.5. The van der Waals surface area contributed by atoms with Crippen LogP contribution < -0.4 is 25.6 Å². The van der Waals surface area contributed by atoms with E-state index in [2.05, 4.69) is 55.4 Å². The predicted octanol–water partition coefficient (Wildman–Crippen LogP) is 0.263. The van der Waals surface area contributed by atoms with Gasteiger partial charge in [0.2, 0.25) is 17.5 Å². The Morgan fingerprint density at radius 2 is 1.69 bits per heavy atom. The van der Waals surface area contributed by atoms with Crippen molar-refractivity contribution in [3.8, 4) is 11.3 Å². The number of morpholine rings is 1. The second-order valence-corrected chi connectivity index (χ2v) is 15.4. The molecule has 20 heteroatoms. The Hall–Kier alpha value is -6.41. The second kappa shape index (κ2) is 14.8. The number of amides is 2. The van der Waals surface area contributed by atoms with Gasteiger partial charge in [-0.2, -0.15) is 10.2 Å². The van der Waals surface area contributed by atoms with Crippen LogP contribution >= 0.6 is 0 Å². The molecule has 0 saturated carbocycles. The molecule has 1 aromatic carbocycles. The van der Waals surface area contributed by atoms with Gasteiger partial charge in [0.25, 0.3) is 11.5 Å². The summed E-state index contributed by atoms with van der Waals surface area (Å²) in [5.41, 5.74) is 4.40. The Bertz CT molecular complexity index is 2560. The predicted molar refractivity (Wildman–Crippen MR) is 211 cm³/mol. The fraction of sp³-hybridized carbons (Fsp3) is 0.447. The lowest BCUT2D eigenvalue weighted by Gasteiger charge is -2.44. The van der Waals surface area contributed by atoms with Gasteiger partial charge in [-0.05, 0) is 24.6 Å². The van der Waals surface area contributed by atoms with Gasteiger partial charge < -0.3 is 19.4 Å². The van der Waals surface area contributed by atoms with E-state index in [0.29, 0.717) is 60.5 Å². The molecule has 9 heterocycles. The molecular formula is C38H42N16O4.